The van der Waals surface area contributed by atoms with Crippen molar-refractivity contribution < 1.29 is 9.18 Å². The quantitative estimate of drug-likeness (QED) is 0.676. The van der Waals surface area contributed by atoms with Crippen molar-refractivity contribution >= 4 is 17.7 Å². The van der Waals surface area contributed by atoms with Gasteiger partial charge < -0.3 is 5.32 Å². The van der Waals surface area contributed by atoms with Crippen LogP contribution in [0.2, 0.25) is 0 Å². The highest BCUT2D eigenvalue weighted by molar-refractivity contribution is 7.99. The standard InChI is InChI=1S/C18H16FNOS/c19-16-10-8-15(9-11-16)5-4-13-20-18(21)12-14-22-17-6-2-1-3-7-17/h1-3,6-11H,12-14H2,(H,20,21). The van der Waals surface area contributed by atoms with E-state index in [4.69, 9.17) is 0 Å². The summed E-state index contributed by atoms with van der Waals surface area (Å²) >= 11 is 1.65. The first-order valence-electron chi connectivity index (χ1n) is 6.93. The van der Waals surface area contributed by atoms with E-state index in [0.29, 0.717) is 13.0 Å². The third kappa shape index (κ3) is 6.02. The van der Waals surface area contributed by atoms with Gasteiger partial charge in [-0.25, -0.2) is 4.39 Å². The summed E-state index contributed by atoms with van der Waals surface area (Å²) in [5.41, 5.74) is 0.732. The number of hydrogen-bond donors (Lipinski definition) is 1. The van der Waals surface area contributed by atoms with Gasteiger partial charge >= 0.3 is 0 Å². The first kappa shape index (κ1) is 16.1. The maximum absolute atomic E-state index is 12.7. The number of benzene rings is 2. The average molecular weight is 313 g/mol. The molecule has 0 radical (unpaired) electrons. The highest BCUT2D eigenvalue weighted by Crippen LogP contribution is 2.17. The molecule has 4 heteroatoms. The highest BCUT2D eigenvalue weighted by Gasteiger charge is 2.00. The molecule has 2 aromatic rings. The molecule has 0 aromatic heterocycles. The number of thioether (sulfide) groups is 1. The number of rotatable bonds is 5. The summed E-state index contributed by atoms with van der Waals surface area (Å²) in [6, 6.07) is 15.9. The van der Waals surface area contributed by atoms with Gasteiger partial charge in [-0.2, -0.15) is 0 Å². The van der Waals surface area contributed by atoms with E-state index in [1.54, 1.807) is 23.9 Å². The summed E-state index contributed by atoms with van der Waals surface area (Å²) in [5.74, 6) is 6.16. The summed E-state index contributed by atoms with van der Waals surface area (Å²) in [6.07, 6.45) is 0.456. The number of amides is 1. The predicted octanol–water partition coefficient (Wildman–Crippen LogP) is 3.48. The van der Waals surface area contributed by atoms with Crippen molar-refractivity contribution in [1.82, 2.24) is 5.32 Å². The van der Waals surface area contributed by atoms with E-state index < -0.39 is 0 Å². The van der Waals surface area contributed by atoms with Crippen molar-refractivity contribution in [1.29, 1.82) is 0 Å². The summed E-state index contributed by atoms with van der Waals surface area (Å²) < 4.78 is 12.7. The molecule has 0 aliphatic rings. The lowest BCUT2D eigenvalue weighted by atomic mass is 10.2. The Bertz CT molecular complexity index is 659. The number of carbonyl (C=O) groups excluding carboxylic acids is 1. The first-order valence-corrected chi connectivity index (χ1v) is 7.91. The number of halogens is 1. The van der Waals surface area contributed by atoms with Crippen molar-refractivity contribution in [2.75, 3.05) is 12.3 Å². The molecule has 22 heavy (non-hydrogen) atoms. The van der Waals surface area contributed by atoms with Crippen LogP contribution in [0.5, 0.6) is 0 Å². The molecule has 0 saturated heterocycles. The number of nitrogens with one attached hydrogen (secondary N) is 1. The van der Waals surface area contributed by atoms with Crippen LogP contribution in [0.4, 0.5) is 4.39 Å². The number of carbonyl (C=O) groups is 1. The monoisotopic (exact) mass is 313 g/mol. The lowest BCUT2D eigenvalue weighted by Gasteiger charge is -2.02. The maximum Gasteiger partial charge on any atom is 0.221 e. The fourth-order valence-corrected chi connectivity index (χ4v) is 2.56. The zero-order chi connectivity index (χ0) is 15.6. The Morgan fingerprint density at radius 3 is 2.55 bits per heavy atom. The van der Waals surface area contributed by atoms with Crippen LogP contribution in [-0.4, -0.2) is 18.2 Å². The Labute approximate surface area is 134 Å². The molecule has 0 heterocycles. The van der Waals surface area contributed by atoms with E-state index in [1.165, 1.54) is 12.1 Å². The molecule has 0 aliphatic carbocycles. The van der Waals surface area contributed by atoms with Crippen LogP contribution >= 0.6 is 11.8 Å². The fourth-order valence-electron chi connectivity index (χ4n) is 1.69. The van der Waals surface area contributed by atoms with Crippen LogP contribution in [0, 0.1) is 17.7 Å². The Kier molecular flexibility index (Phi) is 6.53. The molecule has 0 atom stereocenters. The lowest BCUT2D eigenvalue weighted by molar-refractivity contribution is -0.120. The molecule has 2 nitrogen and oxygen atoms in total. The van der Waals surface area contributed by atoms with Crippen LogP contribution < -0.4 is 5.32 Å². The zero-order valence-corrected chi connectivity index (χ0v) is 12.8. The molecule has 0 saturated carbocycles. The van der Waals surface area contributed by atoms with Crippen molar-refractivity contribution in [3.8, 4) is 11.8 Å². The molecule has 112 valence electrons. The summed E-state index contributed by atoms with van der Waals surface area (Å²) in [4.78, 5) is 12.8. The van der Waals surface area contributed by atoms with E-state index in [2.05, 4.69) is 17.2 Å². The third-order valence-corrected chi connectivity index (χ3v) is 3.81. The Morgan fingerprint density at radius 2 is 1.82 bits per heavy atom. The smallest absolute Gasteiger partial charge is 0.221 e. The topological polar surface area (TPSA) is 29.1 Å². The van der Waals surface area contributed by atoms with Gasteiger partial charge in [0, 0.05) is 22.6 Å². The van der Waals surface area contributed by atoms with Gasteiger partial charge in [0.25, 0.3) is 0 Å². The normalized spacial score (nSPS) is 9.68. The SMILES string of the molecule is O=C(CCSc1ccccc1)NCC#Cc1ccc(F)cc1. The second kappa shape index (κ2) is 8.91. The molecule has 0 bridgehead atoms. The minimum absolute atomic E-state index is 0.0168. The second-order valence-corrected chi connectivity index (χ2v) is 5.67. The van der Waals surface area contributed by atoms with Crippen molar-refractivity contribution in [2.45, 2.75) is 11.3 Å². The zero-order valence-electron chi connectivity index (χ0n) is 12.0. The van der Waals surface area contributed by atoms with Crippen LogP contribution in [0.3, 0.4) is 0 Å². The predicted molar refractivity (Wildman–Crippen MR) is 88.1 cm³/mol. The molecule has 1 amide bonds. The largest absolute Gasteiger partial charge is 0.345 e. The van der Waals surface area contributed by atoms with Gasteiger partial charge in [-0.1, -0.05) is 30.0 Å². The summed E-state index contributed by atoms with van der Waals surface area (Å²) in [7, 11) is 0. The maximum atomic E-state index is 12.7. The molecule has 1 N–H and O–H groups in total. The van der Waals surface area contributed by atoms with Crippen molar-refractivity contribution in [3.05, 3.63) is 66.0 Å². The molecule has 0 fully saturated rings. The second-order valence-electron chi connectivity index (χ2n) is 4.50. The Morgan fingerprint density at radius 1 is 1.09 bits per heavy atom. The van der Waals surface area contributed by atoms with E-state index in [1.807, 2.05) is 30.3 Å². The Hall–Kier alpha value is -2.25. The van der Waals surface area contributed by atoms with Crippen LogP contribution in [0.15, 0.2) is 59.5 Å². The van der Waals surface area contributed by atoms with E-state index in [-0.39, 0.29) is 11.7 Å². The fraction of sp³-hybridized carbons (Fsp3) is 0.167. The van der Waals surface area contributed by atoms with Gasteiger partial charge in [-0.05, 0) is 36.4 Å². The molecule has 0 unspecified atom stereocenters. The van der Waals surface area contributed by atoms with E-state index in [0.717, 1.165) is 16.2 Å². The lowest BCUT2D eigenvalue weighted by Crippen LogP contribution is -2.23. The van der Waals surface area contributed by atoms with Crippen LogP contribution in [0.25, 0.3) is 0 Å². The van der Waals surface area contributed by atoms with E-state index >= 15 is 0 Å². The summed E-state index contributed by atoms with van der Waals surface area (Å²) in [6.45, 7) is 0.298. The summed E-state index contributed by atoms with van der Waals surface area (Å²) in [5, 5.41) is 2.75. The first-order chi connectivity index (χ1) is 10.7. The minimum Gasteiger partial charge on any atom is -0.345 e. The van der Waals surface area contributed by atoms with Gasteiger partial charge in [0.2, 0.25) is 5.91 Å². The highest BCUT2D eigenvalue weighted by atomic mass is 32.2. The minimum atomic E-state index is -0.283. The Balaban J connectivity index is 1.65. The molecular weight excluding hydrogens is 297 g/mol. The molecule has 0 aliphatic heterocycles. The van der Waals surface area contributed by atoms with Crippen LogP contribution in [-0.2, 0) is 4.79 Å². The molecule has 2 aromatic carbocycles. The van der Waals surface area contributed by atoms with Crippen LogP contribution in [0.1, 0.15) is 12.0 Å². The van der Waals surface area contributed by atoms with Gasteiger partial charge in [0.1, 0.15) is 5.82 Å². The third-order valence-electron chi connectivity index (χ3n) is 2.79. The van der Waals surface area contributed by atoms with Gasteiger partial charge in [-0.15, -0.1) is 11.8 Å². The van der Waals surface area contributed by atoms with Gasteiger partial charge in [0.05, 0.1) is 6.54 Å². The average Bonchev–Trinajstić information content (AvgIpc) is 2.54. The van der Waals surface area contributed by atoms with Gasteiger partial charge in [0.15, 0.2) is 0 Å². The molecule has 2 rings (SSSR count). The number of hydrogen-bond acceptors (Lipinski definition) is 2. The molecular formula is C18H16FNOS. The van der Waals surface area contributed by atoms with Gasteiger partial charge in [-0.3, -0.25) is 4.79 Å². The van der Waals surface area contributed by atoms with Crippen molar-refractivity contribution in [2.24, 2.45) is 0 Å². The molecule has 0 spiro atoms. The van der Waals surface area contributed by atoms with Crippen molar-refractivity contribution in [3.63, 3.8) is 0 Å². The van der Waals surface area contributed by atoms with E-state index in [9.17, 15) is 9.18 Å².